The van der Waals surface area contributed by atoms with Crippen molar-refractivity contribution in [1.82, 2.24) is 0 Å². The molecule has 0 heterocycles. The topological polar surface area (TPSA) is 17.1 Å². The second kappa shape index (κ2) is 4.38. The van der Waals surface area contributed by atoms with Crippen LogP contribution in [0.3, 0.4) is 0 Å². The highest BCUT2D eigenvalue weighted by atomic mass is 19.4. The van der Waals surface area contributed by atoms with E-state index >= 15 is 0 Å². The van der Waals surface area contributed by atoms with Crippen LogP contribution in [0.2, 0.25) is 0 Å². The Kier molecular flexibility index (Phi) is 3.70. The third kappa shape index (κ3) is 3.22. The molecule has 1 rings (SSSR count). The van der Waals surface area contributed by atoms with Gasteiger partial charge >= 0.3 is 6.18 Å². The first-order valence-electron chi connectivity index (χ1n) is 5.72. The SMILES string of the molecule is CC(C)(C)[C@H]1CCC(=O)[C@H](C(F)(F)F)CC1. The molecule has 1 aliphatic carbocycles. The summed E-state index contributed by atoms with van der Waals surface area (Å²) >= 11 is 0. The minimum absolute atomic E-state index is 0.0131. The summed E-state index contributed by atoms with van der Waals surface area (Å²) in [6, 6.07) is 0. The number of alkyl halides is 3. The first-order valence-corrected chi connectivity index (χ1v) is 5.72. The molecular weight excluding hydrogens is 217 g/mol. The van der Waals surface area contributed by atoms with Crippen molar-refractivity contribution in [3.8, 4) is 0 Å². The lowest BCUT2D eigenvalue weighted by Gasteiger charge is -2.29. The molecule has 0 N–H and O–H groups in total. The predicted molar refractivity (Wildman–Crippen MR) is 56.0 cm³/mol. The van der Waals surface area contributed by atoms with Gasteiger partial charge in [-0.05, 0) is 30.6 Å². The monoisotopic (exact) mass is 236 g/mol. The molecule has 0 bridgehead atoms. The van der Waals surface area contributed by atoms with Gasteiger partial charge in [0.25, 0.3) is 0 Å². The van der Waals surface area contributed by atoms with Gasteiger partial charge in [-0.3, -0.25) is 4.79 Å². The Labute approximate surface area is 94.4 Å². The van der Waals surface area contributed by atoms with Gasteiger partial charge in [-0.15, -0.1) is 0 Å². The van der Waals surface area contributed by atoms with Crippen molar-refractivity contribution >= 4 is 5.78 Å². The molecule has 2 atom stereocenters. The van der Waals surface area contributed by atoms with E-state index in [0.29, 0.717) is 12.8 Å². The number of Topliss-reactive ketones (excluding diaryl/α,β-unsaturated/α-hetero) is 1. The summed E-state index contributed by atoms with van der Waals surface area (Å²) in [6.45, 7) is 6.07. The van der Waals surface area contributed by atoms with Gasteiger partial charge in [0, 0.05) is 6.42 Å². The summed E-state index contributed by atoms with van der Waals surface area (Å²) in [4.78, 5) is 11.4. The molecule has 1 aliphatic rings. The van der Waals surface area contributed by atoms with E-state index in [-0.39, 0.29) is 24.2 Å². The van der Waals surface area contributed by atoms with Crippen molar-refractivity contribution in [2.75, 3.05) is 0 Å². The number of rotatable bonds is 0. The Balaban J connectivity index is 2.74. The van der Waals surface area contributed by atoms with Gasteiger partial charge in [0.1, 0.15) is 11.7 Å². The van der Waals surface area contributed by atoms with Crippen LogP contribution in [-0.4, -0.2) is 12.0 Å². The molecule has 0 spiro atoms. The molecule has 4 heteroatoms. The first-order chi connectivity index (χ1) is 7.12. The standard InChI is InChI=1S/C12H19F3O/c1-11(2,3)8-4-6-9(12(13,14)15)10(16)7-5-8/h8-9H,4-7H2,1-3H3/t8-,9-/m1/s1. The van der Waals surface area contributed by atoms with Crippen LogP contribution >= 0.6 is 0 Å². The van der Waals surface area contributed by atoms with Gasteiger partial charge in [-0.1, -0.05) is 20.8 Å². The number of carbonyl (C=O) groups is 1. The highest BCUT2D eigenvalue weighted by molar-refractivity contribution is 5.82. The van der Waals surface area contributed by atoms with Crippen LogP contribution in [0.25, 0.3) is 0 Å². The number of ketones is 1. The molecular formula is C12H19F3O. The van der Waals surface area contributed by atoms with Crippen LogP contribution in [0.5, 0.6) is 0 Å². The average molecular weight is 236 g/mol. The zero-order valence-corrected chi connectivity index (χ0v) is 10.0. The molecule has 94 valence electrons. The van der Waals surface area contributed by atoms with Crippen molar-refractivity contribution in [1.29, 1.82) is 0 Å². The van der Waals surface area contributed by atoms with Crippen molar-refractivity contribution < 1.29 is 18.0 Å². The zero-order chi connectivity index (χ0) is 12.6. The quantitative estimate of drug-likeness (QED) is 0.581. The Morgan fingerprint density at radius 2 is 1.62 bits per heavy atom. The fourth-order valence-electron chi connectivity index (χ4n) is 2.38. The van der Waals surface area contributed by atoms with Gasteiger partial charge in [-0.2, -0.15) is 13.2 Å². The maximum atomic E-state index is 12.6. The molecule has 0 radical (unpaired) electrons. The van der Waals surface area contributed by atoms with Crippen molar-refractivity contribution in [2.24, 2.45) is 17.3 Å². The highest BCUT2D eigenvalue weighted by Crippen LogP contribution is 2.41. The summed E-state index contributed by atoms with van der Waals surface area (Å²) in [5.74, 6) is -2.14. The van der Waals surface area contributed by atoms with E-state index in [9.17, 15) is 18.0 Å². The number of hydrogen-bond donors (Lipinski definition) is 0. The molecule has 1 fully saturated rings. The van der Waals surface area contributed by atoms with E-state index in [4.69, 9.17) is 0 Å². The van der Waals surface area contributed by atoms with Crippen molar-refractivity contribution in [2.45, 2.75) is 52.6 Å². The van der Waals surface area contributed by atoms with E-state index in [1.54, 1.807) is 0 Å². The maximum absolute atomic E-state index is 12.6. The number of carbonyl (C=O) groups excluding carboxylic acids is 1. The molecule has 0 aliphatic heterocycles. The van der Waals surface area contributed by atoms with Gasteiger partial charge in [0.05, 0.1) is 0 Å². The van der Waals surface area contributed by atoms with Gasteiger partial charge in [-0.25, -0.2) is 0 Å². The number of hydrogen-bond acceptors (Lipinski definition) is 1. The molecule has 1 nitrogen and oxygen atoms in total. The normalized spacial score (nSPS) is 29.0. The fourth-order valence-corrected chi connectivity index (χ4v) is 2.38. The molecule has 0 unspecified atom stereocenters. The van der Waals surface area contributed by atoms with Crippen LogP contribution in [0, 0.1) is 17.3 Å². The second-order valence-electron chi connectivity index (χ2n) is 5.74. The lowest BCUT2D eigenvalue weighted by atomic mass is 9.76. The van der Waals surface area contributed by atoms with Gasteiger partial charge in [0.15, 0.2) is 0 Å². The molecule has 16 heavy (non-hydrogen) atoms. The van der Waals surface area contributed by atoms with Crippen LogP contribution in [0.4, 0.5) is 13.2 Å². The number of halogens is 3. The molecule has 0 aromatic heterocycles. The largest absolute Gasteiger partial charge is 0.398 e. The van der Waals surface area contributed by atoms with Crippen LogP contribution < -0.4 is 0 Å². The zero-order valence-electron chi connectivity index (χ0n) is 10.0. The molecule has 0 amide bonds. The summed E-state index contributed by atoms with van der Waals surface area (Å²) in [6.07, 6.45) is -3.23. The smallest absolute Gasteiger partial charge is 0.299 e. The average Bonchev–Trinajstić information content (AvgIpc) is 2.23. The third-order valence-corrected chi connectivity index (χ3v) is 3.55. The first kappa shape index (κ1) is 13.5. The molecule has 0 aromatic carbocycles. The van der Waals surface area contributed by atoms with E-state index in [1.165, 1.54) is 0 Å². The minimum Gasteiger partial charge on any atom is -0.299 e. The summed E-state index contributed by atoms with van der Waals surface area (Å²) in [5, 5.41) is 0. The highest BCUT2D eigenvalue weighted by Gasteiger charge is 2.46. The lowest BCUT2D eigenvalue weighted by Crippen LogP contribution is -2.29. The van der Waals surface area contributed by atoms with E-state index in [0.717, 1.165) is 0 Å². The predicted octanol–water partition coefficient (Wildman–Crippen LogP) is 3.97. The summed E-state index contributed by atoms with van der Waals surface area (Å²) in [7, 11) is 0. The van der Waals surface area contributed by atoms with Crippen molar-refractivity contribution in [3.05, 3.63) is 0 Å². The molecule has 0 aromatic rings. The Bertz CT molecular complexity index is 262. The Morgan fingerprint density at radius 3 is 2.06 bits per heavy atom. The van der Waals surface area contributed by atoms with Gasteiger partial charge < -0.3 is 0 Å². The fraction of sp³-hybridized carbons (Fsp3) is 0.917. The second-order valence-corrected chi connectivity index (χ2v) is 5.74. The molecule has 0 saturated heterocycles. The van der Waals surface area contributed by atoms with Crippen molar-refractivity contribution in [3.63, 3.8) is 0 Å². The molecule has 1 saturated carbocycles. The summed E-state index contributed by atoms with van der Waals surface area (Å²) < 4.78 is 37.7. The maximum Gasteiger partial charge on any atom is 0.398 e. The van der Waals surface area contributed by atoms with Crippen LogP contribution in [-0.2, 0) is 4.79 Å². The van der Waals surface area contributed by atoms with Crippen LogP contribution in [0.1, 0.15) is 46.5 Å². The third-order valence-electron chi connectivity index (χ3n) is 3.55. The van der Waals surface area contributed by atoms with E-state index in [2.05, 4.69) is 0 Å². The van der Waals surface area contributed by atoms with Gasteiger partial charge in [0.2, 0.25) is 0 Å². The Hall–Kier alpha value is -0.540. The van der Waals surface area contributed by atoms with Crippen LogP contribution in [0.15, 0.2) is 0 Å². The lowest BCUT2D eigenvalue weighted by molar-refractivity contribution is -0.182. The summed E-state index contributed by atoms with van der Waals surface area (Å²) in [5.41, 5.74) is -0.0131. The van der Waals surface area contributed by atoms with E-state index < -0.39 is 17.9 Å². The van der Waals surface area contributed by atoms with E-state index in [1.807, 2.05) is 20.8 Å². The Morgan fingerprint density at radius 1 is 1.06 bits per heavy atom. The minimum atomic E-state index is -4.36.